The molecule has 0 aliphatic rings. The third kappa shape index (κ3) is 3.47. The Morgan fingerprint density at radius 2 is 1.68 bits per heavy atom. The summed E-state index contributed by atoms with van der Waals surface area (Å²) in [6.45, 7) is 1.81. The lowest BCUT2D eigenvalue weighted by atomic mass is 10.1. The molecule has 0 N–H and O–H groups in total. The minimum absolute atomic E-state index is 0.212. The summed E-state index contributed by atoms with van der Waals surface area (Å²) in [4.78, 5) is 24.3. The van der Waals surface area contributed by atoms with Gasteiger partial charge in [0.25, 0.3) is 0 Å². The highest BCUT2D eigenvalue weighted by Crippen LogP contribution is 2.26. The number of fused-ring (bicyclic) bond motifs is 3. The number of carbonyl (C=O) groups excluding carboxylic acids is 1. The molecule has 5 heteroatoms. The molecule has 0 spiro atoms. The maximum atomic E-state index is 12.2. The lowest BCUT2D eigenvalue weighted by Gasteiger charge is -2.10. The van der Waals surface area contributed by atoms with Gasteiger partial charge in [-0.15, -0.1) is 0 Å². The third-order valence-corrected chi connectivity index (χ3v) is 4.52. The maximum absolute atomic E-state index is 12.2. The number of hydrogen-bond acceptors (Lipinski definition) is 5. The number of hydrogen-bond donors (Lipinski definition) is 0. The van der Waals surface area contributed by atoms with Crippen molar-refractivity contribution in [2.45, 2.75) is 13.3 Å². The molecule has 140 valence electrons. The largest absolute Gasteiger partial charge is 0.482 e. The summed E-state index contributed by atoms with van der Waals surface area (Å²) in [5.41, 5.74) is 0.965. The molecule has 1 heterocycles. The Morgan fingerprint density at radius 3 is 2.50 bits per heavy atom. The predicted octanol–water partition coefficient (Wildman–Crippen LogP) is 4.49. The van der Waals surface area contributed by atoms with E-state index in [1.54, 1.807) is 30.3 Å². The van der Waals surface area contributed by atoms with E-state index in [0.717, 1.165) is 22.8 Å². The van der Waals surface area contributed by atoms with Crippen molar-refractivity contribution in [2.75, 3.05) is 6.61 Å². The Hall–Kier alpha value is -3.60. The number of benzene rings is 3. The zero-order chi connectivity index (χ0) is 19.5. The van der Waals surface area contributed by atoms with Crippen molar-refractivity contribution in [3.63, 3.8) is 0 Å². The Bertz CT molecular complexity index is 1220. The molecule has 1 aromatic heterocycles. The summed E-state index contributed by atoms with van der Waals surface area (Å²) >= 11 is 0. The molecule has 0 fully saturated rings. The number of aryl methyl sites for hydroxylation is 1. The molecule has 5 nitrogen and oxygen atoms in total. The molecule has 4 aromatic rings. The van der Waals surface area contributed by atoms with Crippen LogP contribution in [0.1, 0.15) is 12.5 Å². The van der Waals surface area contributed by atoms with E-state index in [9.17, 15) is 9.59 Å². The van der Waals surface area contributed by atoms with E-state index in [0.29, 0.717) is 22.5 Å². The lowest BCUT2D eigenvalue weighted by molar-refractivity contribution is -0.136. The van der Waals surface area contributed by atoms with Crippen LogP contribution in [-0.2, 0) is 11.2 Å². The topological polar surface area (TPSA) is 65.7 Å². The Balaban J connectivity index is 1.54. The fourth-order valence-corrected chi connectivity index (χ4v) is 3.16. The zero-order valence-electron chi connectivity index (χ0n) is 15.3. The van der Waals surface area contributed by atoms with Crippen molar-refractivity contribution in [3.8, 4) is 11.5 Å². The van der Waals surface area contributed by atoms with Gasteiger partial charge >= 0.3 is 11.6 Å². The van der Waals surface area contributed by atoms with Crippen LogP contribution in [0.15, 0.2) is 75.9 Å². The second-order valence-electron chi connectivity index (χ2n) is 6.32. The van der Waals surface area contributed by atoms with E-state index in [1.165, 1.54) is 0 Å². The van der Waals surface area contributed by atoms with Gasteiger partial charge in [-0.2, -0.15) is 0 Å². The maximum Gasteiger partial charge on any atom is 0.349 e. The molecular weight excluding hydrogens is 356 g/mol. The molecule has 0 saturated carbocycles. The summed E-state index contributed by atoms with van der Waals surface area (Å²) in [5, 5.41) is 2.09. The number of rotatable bonds is 5. The molecule has 0 aliphatic heterocycles. The fraction of sp³-hybridized carbons (Fsp3) is 0.130. The van der Waals surface area contributed by atoms with Crippen molar-refractivity contribution in [1.82, 2.24) is 0 Å². The smallest absolute Gasteiger partial charge is 0.349 e. The highest BCUT2D eigenvalue weighted by atomic mass is 16.6. The molecule has 0 aliphatic carbocycles. The predicted molar refractivity (Wildman–Crippen MR) is 107 cm³/mol. The SMILES string of the molecule is CCc1ccccc1OCC(=O)Oc1ccc2c(c1)oc(=O)c1ccccc12. The molecular formula is C23H18O5. The van der Waals surface area contributed by atoms with Gasteiger partial charge in [0.2, 0.25) is 0 Å². The van der Waals surface area contributed by atoms with Crippen LogP contribution >= 0.6 is 0 Å². The molecule has 3 aromatic carbocycles. The van der Waals surface area contributed by atoms with Gasteiger partial charge in [0.05, 0.1) is 5.39 Å². The number of carbonyl (C=O) groups is 1. The minimum atomic E-state index is -0.534. The van der Waals surface area contributed by atoms with Gasteiger partial charge in [-0.05, 0) is 41.6 Å². The first-order valence-electron chi connectivity index (χ1n) is 9.02. The van der Waals surface area contributed by atoms with Gasteiger partial charge in [0.1, 0.15) is 17.1 Å². The van der Waals surface area contributed by atoms with E-state index in [2.05, 4.69) is 0 Å². The molecule has 0 radical (unpaired) electrons. The summed E-state index contributed by atoms with van der Waals surface area (Å²) in [6.07, 6.45) is 0.808. The summed E-state index contributed by atoms with van der Waals surface area (Å²) in [7, 11) is 0. The standard InChI is InChI=1S/C23H18O5/c1-2-15-7-3-6-10-20(15)26-14-22(24)27-16-11-12-18-17-8-4-5-9-19(17)23(25)28-21(18)13-16/h3-13H,2,14H2,1H3. The van der Waals surface area contributed by atoms with Crippen LogP contribution in [0.5, 0.6) is 11.5 Å². The molecule has 4 rings (SSSR count). The number of para-hydroxylation sites is 1. The fourth-order valence-electron chi connectivity index (χ4n) is 3.16. The van der Waals surface area contributed by atoms with E-state index in [1.807, 2.05) is 43.3 Å². The Morgan fingerprint density at radius 1 is 0.929 bits per heavy atom. The first-order chi connectivity index (χ1) is 13.7. The minimum Gasteiger partial charge on any atom is -0.482 e. The second kappa shape index (κ2) is 7.56. The summed E-state index contributed by atoms with van der Waals surface area (Å²) in [6, 6.07) is 19.8. The number of ether oxygens (including phenoxy) is 2. The normalized spacial score (nSPS) is 10.9. The second-order valence-corrected chi connectivity index (χ2v) is 6.32. The Labute approximate surface area is 161 Å². The van der Waals surface area contributed by atoms with Crippen LogP contribution < -0.4 is 15.1 Å². The van der Waals surface area contributed by atoms with Gasteiger partial charge in [0.15, 0.2) is 6.61 Å². The summed E-state index contributed by atoms with van der Waals surface area (Å²) in [5.74, 6) is 0.426. The highest BCUT2D eigenvalue weighted by molar-refractivity contribution is 6.04. The van der Waals surface area contributed by atoms with Gasteiger partial charge in [-0.1, -0.05) is 43.3 Å². The third-order valence-electron chi connectivity index (χ3n) is 4.52. The van der Waals surface area contributed by atoms with Gasteiger partial charge in [-0.3, -0.25) is 0 Å². The average molecular weight is 374 g/mol. The zero-order valence-corrected chi connectivity index (χ0v) is 15.3. The molecule has 0 saturated heterocycles. The first-order valence-corrected chi connectivity index (χ1v) is 9.02. The van der Waals surface area contributed by atoms with Crippen molar-refractivity contribution in [3.05, 3.63) is 82.7 Å². The molecule has 0 atom stereocenters. The molecule has 0 unspecified atom stereocenters. The molecule has 0 amide bonds. The highest BCUT2D eigenvalue weighted by Gasteiger charge is 2.11. The average Bonchev–Trinajstić information content (AvgIpc) is 2.72. The van der Waals surface area contributed by atoms with Crippen LogP contribution in [0.2, 0.25) is 0 Å². The molecule has 28 heavy (non-hydrogen) atoms. The van der Waals surface area contributed by atoms with Gasteiger partial charge in [0, 0.05) is 11.5 Å². The van der Waals surface area contributed by atoms with Gasteiger partial charge < -0.3 is 13.9 Å². The van der Waals surface area contributed by atoms with E-state index in [-0.39, 0.29) is 6.61 Å². The van der Waals surface area contributed by atoms with Crippen LogP contribution in [0, 0.1) is 0 Å². The van der Waals surface area contributed by atoms with E-state index >= 15 is 0 Å². The van der Waals surface area contributed by atoms with Crippen molar-refractivity contribution in [1.29, 1.82) is 0 Å². The van der Waals surface area contributed by atoms with Crippen LogP contribution in [0.4, 0.5) is 0 Å². The number of esters is 1. The van der Waals surface area contributed by atoms with Crippen LogP contribution in [0.3, 0.4) is 0 Å². The summed E-state index contributed by atoms with van der Waals surface area (Å²) < 4.78 is 16.3. The van der Waals surface area contributed by atoms with Crippen molar-refractivity contribution < 1.29 is 18.7 Å². The van der Waals surface area contributed by atoms with Crippen LogP contribution in [0.25, 0.3) is 21.7 Å². The quantitative estimate of drug-likeness (QED) is 0.223. The van der Waals surface area contributed by atoms with Crippen molar-refractivity contribution >= 4 is 27.7 Å². The van der Waals surface area contributed by atoms with E-state index < -0.39 is 11.6 Å². The first kappa shape index (κ1) is 17.8. The van der Waals surface area contributed by atoms with Crippen molar-refractivity contribution in [2.24, 2.45) is 0 Å². The van der Waals surface area contributed by atoms with Gasteiger partial charge in [-0.25, -0.2) is 9.59 Å². The monoisotopic (exact) mass is 374 g/mol. The Kier molecular flexibility index (Phi) is 4.81. The van der Waals surface area contributed by atoms with Crippen LogP contribution in [-0.4, -0.2) is 12.6 Å². The van der Waals surface area contributed by atoms with E-state index in [4.69, 9.17) is 13.9 Å². The molecule has 0 bridgehead atoms. The lowest BCUT2D eigenvalue weighted by Crippen LogP contribution is -2.18.